The van der Waals surface area contributed by atoms with Gasteiger partial charge in [0, 0.05) is 0 Å². The normalized spacial score (nSPS) is 11.7. The molecule has 1 aromatic carbocycles. The van der Waals surface area contributed by atoms with Crippen molar-refractivity contribution in [3.8, 4) is 0 Å². The number of rotatable bonds is 6. The Bertz CT molecular complexity index is 584. The number of carbonyl (C=O) groups excluding carboxylic acids is 2. The quantitative estimate of drug-likeness (QED) is 0.753. The predicted molar refractivity (Wildman–Crippen MR) is 81.1 cm³/mol. The summed E-state index contributed by atoms with van der Waals surface area (Å²) in [6, 6.07) is 12.2. The lowest BCUT2D eigenvalue weighted by molar-refractivity contribution is -0.121. The Labute approximate surface area is 126 Å². The number of amides is 2. The van der Waals surface area contributed by atoms with Gasteiger partial charge in [0.2, 0.25) is 5.91 Å². The molecule has 21 heavy (non-hydrogen) atoms. The van der Waals surface area contributed by atoms with Gasteiger partial charge in [0.25, 0.3) is 5.91 Å². The first-order chi connectivity index (χ1) is 10.2. The van der Waals surface area contributed by atoms with Crippen LogP contribution in [0.15, 0.2) is 47.8 Å². The largest absolute Gasteiger partial charge is 0.394 e. The molecule has 2 rings (SSSR count). The maximum Gasteiger partial charge on any atom is 0.261 e. The first-order valence-corrected chi connectivity index (χ1v) is 7.35. The molecule has 110 valence electrons. The first kappa shape index (κ1) is 15.2. The van der Waals surface area contributed by atoms with Crippen LogP contribution in [-0.2, 0) is 4.79 Å². The molecule has 1 aromatic heterocycles. The molecule has 3 N–H and O–H groups in total. The number of carbonyl (C=O) groups is 2. The van der Waals surface area contributed by atoms with Gasteiger partial charge in [-0.2, -0.15) is 0 Å². The van der Waals surface area contributed by atoms with E-state index in [1.807, 2.05) is 30.3 Å². The minimum atomic E-state index is -0.475. The van der Waals surface area contributed by atoms with Gasteiger partial charge in [0.15, 0.2) is 0 Å². The molecule has 0 spiro atoms. The lowest BCUT2D eigenvalue weighted by Crippen LogP contribution is -2.39. The van der Waals surface area contributed by atoms with Gasteiger partial charge in [0.1, 0.15) is 0 Å². The second-order valence-electron chi connectivity index (χ2n) is 4.37. The molecule has 0 unspecified atom stereocenters. The van der Waals surface area contributed by atoms with Gasteiger partial charge in [-0.05, 0) is 17.0 Å². The van der Waals surface area contributed by atoms with Gasteiger partial charge in [-0.3, -0.25) is 9.59 Å². The van der Waals surface area contributed by atoms with Crippen molar-refractivity contribution in [2.24, 2.45) is 0 Å². The molecule has 1 atom stereocenters. The molecule has 2 amide bonds. The fourth-order valence-corrected chi connectivity index (χ4v) is 2.46. The summed E-state index contributed by atoms with van der Waals surface area (Å²) in [5.41, 5.74) is 0.818. The van der Waals surface area contributed by atoms with E-state index in [9.17, 15) is 14.7 Å². The maximum atomic E-state index is 11.8. The molecule has 0 radical (unpaired) electrons. The number of hydrogen-bond acceptors (Lipinski definition) is 4. The van der Waals surface area contributed by atoms with E-state index >= 15 is 0 Å². The van der Waals surface area contributed by atoms with Crippen molar-refractivity contribution >= 4 is 23.2 Å². The van der Waals surface area contributed by atoms with E-state index in [-0.39, 0.29) is 25.0 Å². The molecule has 6 heteroatoms. The van der Waals surface area contributed by atoms with Crippen LogP contribution in [0, 0.1) is 0 Å². The van der Waals surface area contributed by atoms with Crippen LogP contribution in [0.3, 0.4) is 0 Å². The second kappa shape index (κ2) is 7.56. The molecule has 0 bridgehead atoms. The van der Waals surface area contributed by atoms with Crippen LogP contribution < -0.4 is 10.6 Å². The van der Waals surface area contributed by atoms with E-state index < -0.39 is 6.04 Å². The Kier molecular flexibility index (Phi) is 5.48. The lowest BCUT2D eigenvalue weighted by atomic mass is 10.1. The van der Waals surface area contributed by atoms with Gasteiger partial charge >= 0.3 is 0 Å². The Morgan fingerprint density at radius 3 is 2.52 bits per heavy atom. The molecule has 0 fully saturated rings. The number of hydrogen-bond donors (Lipinski definition) is 3. The zero-order valence-corrected chi connectivity index (χ0v) is 12.1. The van der Waals surface area contributed by atoms with E-state index in [4.69, 9.17) is 0 Å². The Balaban J connectivity index is 1.85. The van der Waals surface area contributed by atoms with Crippen molar-refractivity contribution in [2.45, 2.75) is 6.04 Å². The zero-order valence-electron chi connectivity index (χ0n) is 11.3. The second-order valence-corrected chi connectivity index (χ2v) is 5.32. The third-order valence-corrected chi connectivity index (χ3v) is 3.74. The van der Waals surface area contributed by atoms with Crippen LogP contribution >= 0.6 is 11.3 Å². The molecule has 0 aliphatic carbocycles. The van der Waals surface area contributed by atoms with Gasteiger partial charge < -0.3 is 15.7 Å². The van der Waals surface area contributed by atoms with Gasteiger partial charge in [0.05, 0.1) is 24.1 Å². The Hall–Kier alpha value is -2.18. The zero-order chi connectivity index (χ0) is 15.1. The minimum absolute atomic E-state index is 0.125. The molecule has 0 aliphatic heterocycles. The number of aliphatic hydroxyl groups is 1. The molecular formula is C15H16N2O3S. The molecule has 0 saturated heterocycles. The van der Waals surface area contributed by atoms with Crippen molar-refractivity contribution < 1.29 is 14.7 Å². The fourth-order valence-electron chi connectivity index (χ4n) is 1.82. The number of benzene rings is 1. The third kappa shape index (κ3) is 4.40. The van der Waals surface area contributed by atoms with E-state index in [0.29, 0.717) is 4.88 Å². The van der Waals surface area contributed by atoms with Crippen molar-refractivity contribution in [2.75, 3.05) is 13.2 Å². The summed E-state index contributed by atoms with van der Waals surface area (Å²) >= 11 is 1.31. The standard InChI is InChI=1S/C15H16N2O3S/c18-10-12(11-5-2-1-3-6-11)17-14(19)9-16-15(20)13-7-4-8-21-13/h1-8,12,18H,9-10H2,(H,16,20)(H,17,19)/t12-/m1/s1. The summed E-state index contributed by atoms with van der Waals surface area (Å²) in [5, 5.41) is 16.4. The van der Waals surface area contributed by atoms with Crippen LogP contribution in [0.2, 0.25) is 0 Å². The number of aliphatic hydroxyl groups excluding tert-OH is 1. The molecule has 5 nitrogen and oxygen atoms in total. The van der Waals surface area contributed by atoms with E-state index in [2.05, 4.69) is 10.6 Å². The highest BCUT2D eigenvalue weighted by Crippen LogP contribution is 2.11. The highest BCUT2D eigenvalue weighted by Gasteiger charge is 2.14. The summed E-state index contributed by atoms with van der Waals surface area (Å²) in [6.07, 6.45) is 0. The summed E-state index contributed by atoms with van der Waals surface area (Å²) in [7, 11) is 0. The summed E-state index contributed by atoms with van der Waals surface area (Å²) < 4.78 is 0. The smallest absolute Gasteiger partial charge is 0.261 e. The monoisotopic (exact) mass is 304 g/mol. The van der Waals surface area contributed by atoms with E-state index in [1.165, 1.54) is 11.3 Å². The predicted octanol–water partition coefficient (Wildman–Crippen LogP) is 1.33. The third-order valence-electron chi connectivity index (χ3n) is 2.87. The van der Waals surface area contributed by atoms with Gasteiger partial charge in [-0.25, -0.2) is 0 Å². The van der Waals surface area contributed by atoms with Crippen molar-refractivity contribution in [3.63, 3.8) is 0 Å². The van der Waals surface area contributed by atoms with Crippen LogP contribution in [0.4, 0.5) is 0 Å². The molecule has 0 saturated carbocycles. The number of thiophene rings is 1. The number of nitrogens with one attached hydrogen (secondary N) is 2. The average Bonchev–Trinajstić information content (AvgIpc) is 3.05. The highest BCUT2D eigenvalue weighted by molar-refractivity contribution is 7.12. The fraction of sp³-hybridized carbons (Fsp3) is 0.200. The summed E-state index contributed by atoms with van der Waals surface area (Å²) in [5.74, 6) is -0.622. The SMILES string of the molecule is O=C(CNC(=O)c1cccs1)N[C@H](CO)c1ccccc1. The maximum absolute atomic E-state index is 11.8. The average molecular weight is 304 g/mol. The summed E-state index contributed by atoms with van der Waals surface area (Å²) in [4.78, 5) is 24.1. The summed E-state index contributed by atoms with van der Waals surface area (Å²) in [6.45, 7) is -0.325. The molecule has 1 heterocycles. The topological polar surface area (TPSA) is 78.4 Å². The lowest BCUT2D eigenvalue weighted by Gasteiger charge is -2.16. The van der Waals surface area contributed by atoms with Crippen molar-refractivity contribution in [1.29, 1.82) is 0 Å². The Morgan fingerprint density at radius 2 is 1.90 bits per heavy atom. The van der Waals surface area contributed by atoms with Crippen LogP contribution in [0.1, 0.15) is 21.3 Å². The van der Waals surface area contributed by atoms with Crippen LogP contribution in [0.25, 0.3) is 0 Å². The highest BCUT2D eigenvalue weighted by atomic mass is 32.1. The van der Waals surface area contributed by atoms with Gasteiger partial charge in [-0.1, -0.05) is 36.4 Å². The van der Waals surface area contributed by atoms with Gasteiger partial charge in [-0.15, -0.1) is 11.3 Å². The van der Waals surface area contributed by atoms with Crippen LogP contribution in [-0.4, -0.2) is 30.1 Å². The van der Waals surface area contributed by atoms with Crippen molar-refractivity contribution in [3.05, 3.63) is 58.3 Å². The van der Waals surface area contributed by atoms with Crippen molar-refractivity contribution in [1.82, 2.24) is 10.6 Å². The minimum Gasteiger partial charge on any atom is -0.394 e. The Morgan fingerprint density at radius 1 is 1.14 bits per heavy atom. The van der Waals surface area contributed by atoms with E-state index in [0.717, 1.165) is 5.56 Å². The molecular weight excluding hydrogens is 288 g/mol. The molecule has 2 aromatic rings. The van der Waals surface area contributed by atoms with E-state index in [1.54, 1.807) is 17.5 Å². The van der Waals surface area contributed by atoms with Crippen LogP contribution in [0.5, 0.6) is 0 Å². The molecule has 0 aliphatic rings. The first-order valence-electron chi connectivity index (χ1n) is 6.47.